The van der Waals surface area contributed by atoms with Crippen LogP contribution in [-0.4, -0.2) is 45.2 Å². The molecule has 0 unspecified atom stereocenters. The predicted molar refractivity (Wildman–Crippen MR) is 99.8 cm³/mol. The summed E-state index contributed by atoms with van der Waals surface area (Å²) < 4.78 is 10.2. The lowest BCUT2D eigenvalue weighted by molar-refractivity contribution is -0.161. The van der Waals surface area contributed by atoms with Gasteiger partial charge in [0, 0.05) is 6.07 Å². The largest absolute Gasteiger partial charge is 0.477 e. The molecule has 0 radical (unpaired) electrons. The molecule has 1 aromatic carbocycles. The molecule has 2 aliphatic heterocycles. The van der Waals surface area contributed by atoms with Crippen LogP contribution in [-0.2, 0) is 9.59 Å². The molecular weight excluding hydrogens is 380 g/mol. The zero-order valence-electron chi connectivity index (χ0n) is 15.4. The Morgan fingerprint density at radius 1 is 1.28 bits per heavy atom. The van der Waals surface area contributed by atoms with Gasteiger partial charge in [0.15, 0.2) is 0 Å². The molecule has 2 aliphatic rings. The molecule has 0 aliphatic carbocycles. The lowest BCUT2D eigenvalue weighted by atomic mass is 9.82. The van der Waals surface area contributed by atoms with Gasteiger partial charge in [-0.2, -0.15) is 0 Å². The van der Waals surface area contributed by atoms with E-state index in [1.54, 1.807) is 24.3 Å². The minimum atomic E-state index is -1.20. The first-order valence-corrected chi connectivity index (χ1v) is 8.97. The molecule has 2 amide bonds. The molecule has 0 spiro atoms. The van der Waals surface area contributed by atoms with Crippen molar-refractivity contribution in [2.45, 2.75) is 25.5 Å². The number of furan rings is 1. The van der Waals surface area contributed by atoms with E-state index in [2.05, 4.69) is 5.32 Å². The second-order valence-corrected chi connectivity index (χ2v) is 6.89. The number of hydrogen-bond acceptors (Lipinski definition) is 6. The molecule has 9 heteroatoms. The molecule has 3 heterocycles. The first-order valence-electron chi connectivity index (χ1n) is 8.97. The van der Waals surface area contributed by atoms with Gasteiger partial charge in [-0.05, 0) is 42.7 Å². The lowest BCUT2D eigenvalue weighted by Crippen LogP contribution is -2.61. The second-order valence-electron chi connectivity index (χ2n) is 6.89. The number of carboxylic acids is 1. The maximum absolute atomic E-state index is 12.3. The third kappa shape index (κ3) is 3.25. The Hall–Kier alpha value is -3.59. The number of amides is 2. The molecule has 4 rings (SSSR count). The highest BCUT2D eigenvalue weighted by atomic mass is 16.6. The van der Waals surface area contributed by atoms with Gasteiger partial charge in [-0.1, -0.05) is 12.1 Å². The summed E-state index contributed by atoms with van der Waals surface area (Å²) in [7, 11) is 0. The number of benzene rings is 1. The van der Waals surface area contributed by atoms with Crippen LogP contribution in [0.25, 0.3) is 5.57 Å². The smallest absolute Gasteiger partial charge is 0.419 e. The van der Waals surface area contributed by atoms with Gasteiger partial charge < -0.3 is 24.3 Å². The number of ether oxygens (including phenoxy) is 1. The van der Waals surface area contributed by atoms with Crippen molar-refractivity contribution in [2.24, 2.45) is 5.92 Å². The number of anilines is 1. The normalized spacial score (nSPS) is 21.4. The maximum Gasteiger partial charge on any atom is 0.419 e. The molecule has 1 aromatic heterocycles. The van der Waals surface area contributed by atoms with E-state index in [0.717, 1.165) is 0 Å². The number of hydrogen-bond donors (Lipinski definition) is 3. The van der Waals surface area contributed by atoms with Crippen molar-refractivity contribution in [3.8, 4) is 5.75 Å². The Morgan fingerprint density at radius 2 is 2.00 bits per heavy atom. The van der Waals surface area contributed by atoms with Gasteiger partial charge >= 0.3 is 12.1 Å². The fourth-order valence-electron chi connectivity index (χ4n) is 3.83. The zero-order valence-corrected chi connectivity index (χ0v) is 15.4. The number of aliphatic carboxylic acids is 1. The van der Waals surface area contributed by atoms with Crippen LogP contribution in [0.1, 0.15) is 18.9 Å². The van der Waals surface area contributed by atoms with Crippen LogP contribution in [0.5, 0.6) is 5.75 Å². The number of carboxylic acid groups (broad SMARTS) is 1. The Labute approximate surface area is 165 Å². The number of carbonyl (C=O) groups is 3. The Balaban J connectivity index is 1.52. The SMILES string of the molecule is C[C@@H](O)[C@H]1C(=O)N2C(C(=O)O)=C(c3ccc(OC(=O)Nc4ccco4)cc3)C[C@H]12. The maximum atomic E-state index is 12.3. The van der Waals surface area contributed by atoms with Crippen LogP contribution in [0.3, 0.4) is 0 Å². The van der Waals surface area contributed by atoms with Crippen molar-refractivity contribution < 1.29 is 33.8 Å². The molecule has 3 atom stereocenters. The summed E-state index contributed by atoms with van der Waals surface area (Å²) >= 11 is 0. The van der Waals surface area contributed by atoms with Crippen LogP contribution in [0.15, 0.2) is 52.8 Å². The van der Waals surface area contributed by atoms with Crippen molar-refractivity contribution in [3.63, 3.8) is 0 Å². The van der Waals surface area contributed by atoms with Crippen LogP contribution >= 0.6 is 0 Å². The fraction of sp³-hybridized carbons (Fsp3) is 0.250. The minimum absolute atomic E-state index is 0.0684. The number of carbonyl (C=O) groups excluding carboxylic acids is 2. The number of nitrogens with one attached hydrogen (secondary N) is 1. The van der Waals surface area contributed by atoms with Gasteiger partial charge in [0.05, 0.1) is 24.3 Å². The molecule has 0 bridgehead atoms. The second kappa shape index (κ2) is 7.10. The van der Waals surface area contributed by atoms with E-state index < -0.39 is 24.1 Å². The first-order chi connectivity index (χ1) is 13.9. The van der Waals surface area contributed by atoms with E-state index in [9.17, 15) is 24.6 Å². The zero-order chi connectivity index (χ0) is 20.7. The van der Waals surface area contributed by atoms with E-state index in [4.69, 9.17) is 9.15 Å². The van der Waals surface area contributed by atoms with Crippen LogP contribution in [0.4, 0.5) is 10.7 Å². The summed E-state index contributed by atoms with van der Waals surface area (Å²) in [5.74, 6) is -1.68. The highest BCUT2D eigenvalue weighted by molar-refractivity contribution is 6.06. The van der Waals surface area contributed by atoms with E-state index in [1.165, 1.54) is 30.2 Å². The Bertz CT molecular complexity index is 992. The summed E-state index contributed by atoms with van der Waals surface area (Å²) in [6.45, 7) is 1.53. The summed E-state index contributed by atoms with van der Waals surface area (Å²) in [6, 6.07) is 9.15. The molecule has 150 valence electrons. The molecular formula is C20H18N2O7. The lowest BCUT2D eigenvalue weighted by Gasteiger charge is -2.44. The van der Waals surface area contributed by atoms with Gasteiger partial charge in [-0.3, -0.25) is 10.1 Å². The highest BCUT2D eigenvalue weighted by Crippen LogP contribution is 2.47. The molecule has 0 saturated carbocycles. The van der Waals surface area contributed by atoms with Crippen molar-refractivity contribution in [1.82, 2.24) is 4.90 Å². The molecule has 2 aromatic rings. The van der Waals surface area contributed by atoms with Gasteiger partial charge in [-0.25, -0.2) is 9.59 Å². The summed E-state index contributed by atoms with van der Waals surface area (Å²) in [4.78, 5) is 37.1. The number of rotatable bonds is 5. The number of aliphatic hydroxyl groups excluding tert-OH is 1. The summed E-state index contributed by atoms with van der Waals surface area (Å²) in [5.41, 5.74) is 1.04. The summed E-state index contributed by atoms with van der Waals surface area (Å²) in [6.07, 6.45) is 0.174. The number of β-lactam (4-membered cyclic amide) rings is 1. The van der Waals surface area contributed by atoms with Crippen molar-refractivity contribution in [3.05, 3.63) is 53.9 Å². The standard InChI is InChI=1S/C20H18N2O7/c1-10(23)16-14-9-13(17(19(25)26)22(14)18(16)24)11-4-6-12(7-5-11)29-20(27)21-15-3-2-8-28-15/h2-8,10,14,16,23H,9H2,1H3,(H,21,27)(H,25,26)/t10-,14-,16-/m1/s1. The third-order valence-corrected chi connectivity index (χ3v) is 5.09. The van der Waals surface area contributed by atoms with E-state index >= 15 is 0 Å². The number of nitrogens with zero attached hydrogens (tertiary/aromatic N) is 1. The Kier molecular flexibility index (Phi) is 4.59. The summed E-state index contributed by atoms with van der Waals surface area (Å²) in [5, 5.41) is 21.8. The monoisotopic (exact) mass is 398 g/mol. The van der Waals surface area contributed by atoms with Crippen LogP contribution < -0.4 is 10.1 Å². The van der Waals surface area contributed by atoms with Gasteiger partial charge in [0.25, 0.3) is 0 Å². The highest BCUT2D eigenvalue weighted by Gasteiger charge is 2.56. The minimum Gasteiger partial charge on any atom is -0.477 e. The van der Waals surface area contributed by atoms with E-state index in [0.29, 0.717) is 17.6 Å². The van der Waals surface area contributed by atoms with Crippen molar-refractivity contribution in [1.29, 1.82) is 0 Å². The average Bonchev–Trinajstić information content (AvgIpc) is 3.27. The molecule has 3 N–H and O–H groups in total. The predicted octanol–water partition coefficient (Wildman–Crippen LogP) is 2.30. The third-order valence-electron chi connectivity index (χ3n) is 5.09. The van der Waals surface area contributed by atoms with Crippen molar-refractivity contribution in [2.75, 3.05) is 5.32 Å². The van der Waals surface area contributed by atoms with E-state index in [1.807, 2.05) is 0 Å². The number of fused-ring (bicyclic) bond motifs is 1. The molecule has 1 saturated heterocycles. The van der Waals surface area contributed by atoms with Crippen molar-refractivity contribution >= 4 is 29.4 Å². The molecule has 29 heavy (non-hydrogen) atoms. The van der Waals surface area contributed by atoms with Crippen LogP contribution in [0, 0.1) is 5.92 Å². The fourth-order valence-corrected chi connectivity index (χ4v) is 3.83. The number of aliphatic hydroxyl groups is 1. The average molecular weight is 398 g/mol. The Morgan fingerprint density at radius 3 is 2.59 bits per heavy atom. The molecule has 1 fully saturated rings. The van der Waals surface area contributed by atoms with E-state index in [-0.39, 0.29) is 29.3 Å². The van der Waals surface area contributed by atoms with Gasteiger partial charge in [0.2, 0.25) is 11.8 Å². The quantitative estimate of drug-likeness (QED) is 0.659. The molecule has 9 nitrogen and oxygen atoms in total. The van der Waals surface area contributed by atoms with Gasteiger partial charge in [-0.15, -0.1) is 0 Å². The van der Waals surface area contributed by atoms with Gasteiger partial charge in [0.1, 0.15) is 11.4 Å². The first kappa shape index (κ1) is 18.8. The van der Waals surface area contributed by atoms with Crippen LogP contribution in [0.2, 0.25) is 0 Å². The topological polar surface area (TPSA) is 129 Å².